The van der Waals surface area contributed by atoms with Crippen molar-refractivity contribution in [1.82, 2.24) is 9.97 Å². The summed E-state index contributed by atoms with van der Waals surface area (Å²) in [7, 11) is 0. The molecule has 0 N–H and O–H groups in total. The third-order valence-corrected chi connectivity index (χ3v) is 2.71. The molecule has 1 aromatic carbocycles. The Bertz CT molecular complexity index is 580. The monoisotopic (exact) mass is 306 g/mol. The fourth-order valence-electron chi connectivity index (χ4n) is 1.55. The molecular weight excluding hydrogens is 300 g/mol. The van der Waals surface area contributed by atoms with Crippen molar-refractivity contribution in [2.45, 2.75) is 12.6 Å². The smallest absolute Gasteiger partial charge is 0.221 e. The molecule has 0 aliphatic heterocycles. The number of nitrogens with zero attached hydrogens (tertiary/aromatic N) is 2. The standard InChI is InChI=1S/C12H7Cl2F3N2/c13-9-6-10(14)19-11(18-9)5-7-2-1-3-8(4-7)12(15,16)17/h1-4,6H,5H2. The molecule has 2 nitrogen and oxygen atoms in total. The Balaban J connectivity index is 2.28. The maximum absolute atomic E-state index is 12.6. The van der Waals surface area contributed by atoms with Gasteiger partial charge in [0.15, 0.2) is 0 Å². The third-order valence-electron chi connectivity index (χ3n) is 2.33. The average molecular weight is 307 g/mol. The number of alkyl halides is 3. The molecule has 0 aliphatic carbocycles. The van der Waals surface area contributed by atoms with Crippen LogP contribution in [-0.4, -0.2) is 9.97 Å². The van der Waals surface area contributed by atoms with Crippen LogP contribution in [0.3, 0.4) is 0 Å². The Morgan fingerprint density at radius 1 is 1.00 bits per heavy atom. The molecule has 0 saturated carbocycles. The summed E-state index contributed by atoms with van der Waals surface area (Å²) in [6, 6.07) is 6.32. The molecule has 0 atom stereocenters. The summed E-state index contributed by atoms with van der Waals surface area (Å²) in [5.41, 5.74) is -0.272. The molecule has 0 saturated heterocycles. The maximum atomic E-state index is 12.6. The lowest BCUT2D eigenvalue weighted by molar-refractivity contribution is -0.137. The first-order valence-corrected chi connectivity index (χ1v) is 5.95. The van der Waals surface area contributed by atoms with Gasteiger partial charge in [-0.1, -0.05) is 41.4 Å². The van der Waals surface area contributed by atoms with Gasteiger partial charge < -0.3 is 0 Å². The van der Waals surface area contributed by atoms with Gasteiger partial charge in [0.2, 0.25) is 0 Å². The predicted octanol–water partition coefficient (Wildman–Crippen LogP) is 4.39. The molecule has 1 heterocycles. The summed E-state index contributed by atoms with van der Waals surface area (Å²) in [5, 5.41) is 0.309. The zero-order chi connectivity index (χ0) is 14.0. The molecule has 0 spiro atoms. The van der Waals surface area contributed by atoms with Crippen molar-refractivity contribution < 1.29 is 13.2 Å². The highest BCUT2D eigenvalue weighted by atomic mass is 35.5. The summed E-state index contributed by atoms with van der Waals surface area (Å²) in [6.45, 7) is 0. The quantitative estimate of drug-likeness (QED) is 0.769. The summed E-state index contributed by atoms with van der Waals surface area (Å²) < 4.78 is 37.7. The summed E-state index contributed by atoms with van der Waals surface area (Å²) >= 11 is 11.4. The lowest BCUT2D eigenvalue weighted by atomic mass is 10.1. The van der Waals surface area contributed by atoms with Gasteiger partial charge in [-0.2, -0.15) is 13.2 Å². The number of halogens is 5. The van der Waals surface area contributed by atoms with Crippen LogP contribution in [0.25, 0.3) is 0 Å². The van der Waals surface area contributed by atoms with Gasteiger partial charge in [-0.25, -0.2) is 9.97 Å². The molecule has 0 fully saturated rings. The number of benzene rings is 1. The van der Waals surface area contributed by atoms with E-state index in [0.717, 1.165) is 12.1 Å². The van der Waals surface area contributed by atoms with E-state index in [1.807, 2.05) is 0 Å². The van der Waals surface area contributed by atoms with E-state index >= 15 is 0 Å². The summed E-state index contributed by atoms with van der Waals surface area (Å²) in [4.78, 5) is 7.82. The van der Waals surface area contributed by atoms with Crippen LogP contribution in [0.5, 0.6) is 0 Å². The molecule has 0 bridgehead atoms. The predicted molar refractivity (Wildman–Crippen MR) is 66.3 cm³/mol. The van der Waals surface area contributed by atoms with Crippen molar-refractivity contribution in [2.75, 3.05) is 0 Å². The SMILES string of the molecule is FC(F)(F)c1cccc(Cc2nc(Cl)cc(Cl)n2)c1. The molecule has 19 heavy (non-hydrogen) atoms. The molecule has 7 heteroatoms. The van der Waals surface area contributed by atoms with E-state index < -0.39 is 11.7 Å². The number of rotatable bonds is 2. The highest BCUT2D eigenvalue weighted by Gasteiger charge is 2.30. The minimum Gasteiger partial charge on any atom is -0.221 e. The van der Waals surface area contributed by atoms with Gasteiger partial charge in [0, 0.05) is 12.5 Å². The van der Waals surface area contributed by atoms with Gasteiger partial charge >= 0.3 is 6.18 Å². The summed E-state index contributed by atoms with van der Waals surface area (Å²) in [6.07, 6.45) is -4.24. The van der Waals surface area contributed by atoms with E-state index in [9.17, 15) is 13.2 Å². The lowest BCUT2D eigenvalue weighted by Crippen LogP contribution is -2.06. The van der Waals surface area contributed by atoms with Gasteiger partial charge in [-0.05, 0) is 11.6 Å². The Morgan fingerprint density at radius 3 is 2.21 bits per heavy atom. The molecule has 100 valence electrons. The number of hydrogen-bond acceptors (Lipinski definition) is 2. The van der Waals surface area contributed by atoms with Crippen molar-refractivity contribution in [1.29, 1.82) is 0 Å². The second kappa shape index (κ2) is 5.35. The molecule has 0 amide bonds. The van der Waals surface area contributed by atoms with E-state index in [1.165, 1.54) is 12.1 Å². The van der Waals surface area contributed by atoms with Crippen LogP contribution >= 0.6 is 23.2 Å². The highest BCUT2D eigenvalue weighted by Crippen LogP contribution is 2.29. The van der Waals surface area contributed by atoms with Crippen LogP contribution in [-0.2, 0) is 12.6 Å². The number of aromatic nitrogens is 2. The summed E-state index contributed by atoms with van der Waals surface area (Å²) in [5.74, 6) is 0.275. The number of hydrogen-bond donors (Lipinski definition) is 0. The minimum absolute atomic E-state index is 0.129. The molecule has 0 unspecified atom stereocenters. The zero-order valence-corrected chi connectivity index (χ0v) is 10.9. The van der Waals surface area contributed by atoms with Crippen LogP contribution in [0.2, 0.25) is 10.3 Å². The Hall–Kier alpha value is -1.33. The zero-order valence-electron chi connectivity index (χ0n) is 9.38. The molecule has 1 aromatic heterocycles. The topological polar surface area (TPSA) is 25.8 Å². The third kappa shape index (κ3) is 3.81. The van der Waals surface area contributed by atoms with E-state index in [-0.39, 0.29) is 22.6 Å². The van der Waals surface area contributed by atoms with Crippen LogP contribution in [0.1, 0.15) is 17.0 Å². The van der Waals surface area contributed by atoms with Gasteiger partial charge in [0.25, 0.3) is 0 Å². The normalized spacial score (nSPS) is 11.6. The van der Waals surface area contributed by atoms with Crippen molar-refractivity contribution in [3.8, 4) is 0 Å². The second-order valence-corrected chi connectivity index (χ2v) is 4.58. The fourth-order valence-corrected chi connectivity index (χ4v) is 2.01. The van der Waals surface area contributed by atoms with Crippen molar-refractivity contribution in [3.63, 3.8) is 0 Å². The minimum atomic E-state index is -4.37. The molecule has 0 radical (unpaired) electrons. The van der Waals surface area contributed by atoms with Crippen LogP contribution in [0.4, 0.5) is 13.2 Å². The molecular formula is C12H7Cl2F3N2. The van der Waals surface area contributed by atoms with Gasteiger partial charge in [-0.3, -0.25) is 0 Å². The Kier molecular flexibility index (Phi) is 3.96. The first-order chi connectivity index (χ1) is 8.84. The van der Waals surface area contributed by atoms with E-state index in [0.29, 0.717) is 5.56 Å². The molecule has 0 aliphatic rings. The molecule has 2 aromatic rings. The highest BCUT2D eigenvalue weighted by molar-refractivity contribution is 6.33. The van der Waals surface area contributed by atoms with Gasteiger partial charge in [0.1, 0.15) is 16.1 Å². The van der Waals surface area contributed by atoms with Crippen LogP contribution < -0.4 is 0 Å². The first kappa shape index (κ1) is 14.1. The van der Waals surface area contributed by atoms with Crippen LogP contribution in [0, 0.1) is 0 Å². The largest absolute Gasteiger partial charge is 0.416 e. The van der Waals surface area contributed by atoms with E-state index in [4.69, 9.17) is 23.2 Å². The van der Waals surface area contributed by atoms with Crippen molar-refractivity contribution in [3.05, 3.63) is 57.6 Å². The lowest BCUT2D eigenvalue weighted by Gasteiger charge is -2.08. The van der Waals surface area contributed by atoms with Gasteiger partial charge in [0.05, 0.1) is 5.56 Å². The van der Waals surface area contributed by atoms with Crippen molar-refractivity contribution in [2.24, 2.45) is 0 Å². The fraction of sp³-hybridized carbons (Fsp3) is 0.167. The van der Waals surface area contributed by atoms with E-state index in [2.05, 4.69) is 9.97 Å². The maximum Gasteiger partial charge on any atom is 0.416 e. The Labute approximate surface area is 117 Å². The second-order valence-electron chi connectivity index (χ2n) is 3.80. The van der Waals surface area contributed by atoms with E-state index in [1.54, 1.807) is 6.07 Å². The first-order valence-electron chi connectivity index (χ1n) is 5.20. The molecule has 2 rings (SSSR count). The van der Waals surface area contributed by atoms with Gasteiger partial charge in [-0.15, -0.1) is 0 Å². The Morgan fingerprint density at radius 2 is 1.63 bits per heavy atom. The van der Waals surface area contributed by atoms with Crippen LogP contribution in [0.15, 0.2) is 30.3 Å². The average Bonchev–Trinajstić information content (AvgIpc) is 2.26. The van der Waals surface area contributed by atoms with Crippen molar-refractivity contribution >= 4 is 23.2 Å².